The molecule has 1 rings (SSSR count). The Bertz CT molecular complexity index is 403. The molecule has 0 atom stereocenters. The summed E-state index contributed by atoms with van der Waals surface area (Å²) < 4.78 is 23.9. The Morgan fingerprint density at radius 2 is 2.20 bits per heavy atom. The molecule has 0 aliphatic carbocycles. The number of rotatable bonds is 3. The van der Waals surface area contributed by atoms with Crippen LogP contribution in [0.1, 0.15) is 10.5 Å². The van der Waals surface area contributed by atoms with E-state index in [1.807, 2.05) is 0 Å². The predicted molar refractivity (Wildman–Crippen MR) is 50.0 cm³/mol. The van der Waals surface area contributed by atoms with Crippen molar-refractivity contribution in [1.82, 2.24) is 9.88 Å². The minimum absolute atomic E-state index is 0.00523. The van der Waals surface area contributed by atoms with E-state index in [0.717, 1.165) is 4.90 Å². The summed E-state index contributed by atoms with van der Waals surface area (Å²) in [6.07, 6.45) is -2.59. The van der Waals surface area contributed by atoms with Crippen molar-refractivity contribution in [1.29, 1.82) is 0 Å². The number of H-pyrrole nitrogens is 1. The molecule has 0 unspecified atom stereocenters. The first-order chi connectivity index (χ1) is 7.00. The average Bonchev–Trinajstić information content (AvgIpc) is 2.15. The number of hydrogen-bond donors (Lipinski definition) is 1. The zero-order valence-electron chi connectivity index (χ0n) is 8.04. The molecule has 82 valence electrons. The molecule has 1 aromatic heterocycles. The Morgan fingerprint density at radius 1 is 1.53 bits per heavy atom. The van der Waals surface area contributed by atoms with Gasteiger partial charge in [-0.25, -0.2) is 8.78 Å². The molecule has 4 nitrogen and oxygen atoms in total. The first kappa shape index (κ1) is 11.4. The van der Waals surface area contributed by atoms with Crippen LogP contribution in [0, 0.1) is 0 Å². The molecule has 6 heteroatoms. The lowest BCUT2D eigenvalue weighted by molar-refractivity contribution is 0.0615. The molecule has 1 aromatic rings. The standard InChI is InChI=1S/C9H10F2N2O2/c1-13(5-7(10)11)9(15)6-3-2-4-8(14)12-6/h2-4,7H,5H2,1H3,(H,12,14). The van der Waals surface area contributed by atoms with E-state index in [2.05, 4.69) is 4.98 Å². The van der Waals surface area contributed by atoms with Gasteiger partial charge >= 0.3 is 0 Å². The van der Waals surface area contributed by atoms with Gasteiger partial charge in [-0.1, -0.05) is 6.07 Å². The second-order valence-electron chi connectivity index (χ2n) is 3.01. The number of nitrogens with one attached hydrogen (secondary N) is 1. The summed E-state index contributed by atoms with van der Waals surface area (Å²) >= 11 is 0. The maximum atomic E-state index is 12.0. The summed E-state index contributed by atoms with van der Waals surface area (Å²) in [5.41, 5.74) is -0.433. The molecule has 0 aliphatic rings. The highest BCUT2D eigenvalue weighted by molar-refractivity contribution is 5.92. The van der Waals surface area contributed by atoms with Gasteiger partial charge in [0.1, 0.15) is 5.69 Å². The number of carbonyl (C=O) groups excluding carboxylic acids is 1. The van der Waals surface area contributed by atoms with Crippen LogP contribution in [0.3, 0.4) is 0 Å². The van der Waals surface area contributed by atoms with Gasteiger partial charge < -0.3 is 9.88 Å². The van der Waals surface area contributed by atoms with Gasteiger partial charge in [-0.05, 0) is 6.07 Å². The van der Waals surface area contributed by atoms with Crippen molar-refractivity contribution in [3.05, 3.63) is 34.2 Å². The third-order valence-electron chi connectivity index (χ3n) is 1.76. The monoisotopic (exact) mass is 216 g/mol. The first-order valence-corrected chi connectivity index (χ1v) is 4.23. The zero-order chi connectivity index (χ0) is 11.4. The SMILES string of the molecule is CN(CC(F)F)C(=O)c1cccc(=O)[nH]1. The molecule has 1 heterocycles. The second-order valence-corrected chi connectivity index (χ2v) is 3.01. The van der Waals surface area contributed by atoms with Crippen LogP contribution in [0.2, 0.25) is 0 Å². The van der Waals surface area contributed by atoms with Crippen molar-refractivity contribution < 1.29 is 13.6 Å². The Balaban J connectivity index is 2.80. The van der Waals surface area contributed by atoms with Crippen molar-refractivity contribution in [3.63, 3.8) is 0 Å². The van der Waals surface area contributed by atoms with E-state index in [1.54, 1.807) is 0 Å². The Morgan fingerprint density at radius 3 is 2.73 bits per heavy atom. The van der Waals surface area contributed by atoms with Crippen LogP contribution < -0.4 is 5.56 Å². The molecule has 0 aliphatic heterocycles. The zero-order valence-corrected chi connectivity index (χ0v) is 8.04. The van der Waals surface area contributed by atoms with Crippen LogP contribution in [0.4, 0.5) is 8.78 Å². The van der Waals surface area contributed by atoms with Crippen molar-refractivity contribution in [3.8, 4) is 0 Å². The molecule has 0 fully saturated rings. The summed E-state index contributed by atoms with van der Waals surface area (Å²) in [6.45, 7) is -0.657. The van der Waals surface area contributed by atoms with Crippen LogP contribution in [0.25, 0.3) is 0 Å². The number of nitrogens with zero attached hydrogens (tertiary/aromatic N) is 1. The van der Waals surface area contributed by atoms with Crippen LogP contribution >= 0.6 is 0 Å². The number of hydrogen-bond acceptors (Lipinski definition) is 2. The molecular weight excluding hydrogens is 206 g/mol. The predicted octanol–water partition coefficient (Wildman–Crippen LogP) is 0.712. The largest absolute Gasteiger partial charge is 0.335 e. The summed E-state index contributed by atoms with van der Waals surface area (Å²) in [4.78, 5) is 25.4. The third kappa shape index (κ3) is 3.16. The minimum Gasteiger partial charge on any atom is -0.335 e. The van der Waals surface area contributed by atoms with E-state index in [-0.39, 0.29) is 5.69 Å². The van der Waals surface area contributed by atoms with E-state index in [1.165, 1.54) is 25.2 Å². The lowest BCUT2D eigenvalue weighted by Crippen LogP contribution is -2.32. The van der Waals surface area contributed by atoms with Gasteiger partial charge in [0.25, 0.3) is 12.3 Å². The number of aromatic nitrogens is 1. The lowest BCUT2D eigenvalue weighted by Gasteiger charge is -2.15. The van der Waals surface area contributed by atoms with E-state index in [0.29, 0.717) is 0 Å². The first-order valence-electron chi connectivity index (χ1n) is 4.23. The second kappa shape index (κ2) is 4.68. The summed E-state index contributed by atoms with van der Waals surface area (Å²) in [5.74, 6) is -0.631. The highest BCUT2D eigenvalue weighted by Gasteiger charge is 2.15. The third-order valence-corrected chi connectivity index (χ3v) is 1.76. The number of halogens is 2. The Labute approximate surface area is 84.5 Å². The van der Waals surface area contributed by atoms with Crippen molar-refractivity contribution in [2.45, 2.75) is 6.43 Å². The van der Waals surface area contributed by atoms with Gasteiger partial charge in [0.15, 0.2) is 0 Å². The molecule has 0 saturated carbocycles. The molecule has 0 spiro atoms. The maximum Gasteiger partial charge on any atom is 0.270 e. The molecule has 0 radical (unpaired) electrons. The molecule has 1 amide bonds. The maximum absolute atomic E-state index is 12.0. The van der Waals surface area contributed by atoms with Gasteiger partial charge in [-0.15, -0.1) is 0 Å². The van der Waals surface area contributed by atoms with E-state index in [9.17, 15) is 18.4 Å². The van der Waals surface area contributed by atoms with Gasteiger partial charge in [0.05, 0.1) is 6.54 Å². The molecular formula is C9H10F2N2O2. The minimum atomic E-state index is -2.59. The van der Waals surface area contributed by atoms with Crippen LogP contribution in [-0.4, -0.2) is 35.8 Å². The van der Waals surface area contributed by atoms with Crippen LogP contribution in [-0.2, 0) is 0 Å². The number of alkyl halides is 2. The summed E-state index contributed by atoms with van der Waals surface area (Å²) in [5, 5.41) is 0. The Kier molecular flexibility index (Phi) is 3.54. The number of amides is 1. The summed E-state index contributed by atoms with van der Waals surface area (Å²) in [7, 11) is 1.25. The van der Waals surface area contributed by atoms with E-state index < -0.39 is 24.4 Å². The number of carbonyl (C=O) groups is 1. The highest BCUT2D eigenvalue weighted by atomic mass is 19.3. The van der Waals surface area contributed by atoms with Crippen molar-refractivity contribution >= 4 is 5.91 Å². The molecule has 0 aromatic carbocycles. The van der Waals surface area contributed by atoms with Crippen molar-refractivity contribution in [2.24, 2.45) is 0 Å². The number of aromatic amines is 1. The molecule has 0 saturated heterocycles. The number of pyridine rings is 1. The lowest BCUT2D eigenvalue weighted by atomic mass is 10.3. The Hall–Kier alpha value is -1.72. The fourth-order valence-corrected chi connectivity index (χ4v) is 1.07. The average molecular weight is 216 g/mol. The van der Waals surface area contributed by atoms with Crippen LogP contribution in [0.5, 0.6) is 0 Å². The van der Waals surface area contributed by atoms with E-state index in [4.69, 9.17) is 0 Å². The van der Waals surface area contributed by atoms with Gasteiger partial charge in [0, 0.05) is 13.1 Å². The molecule has 1 N–H and O–H groups in total. The molecule has 0 bridgehead atoms. The van der Waals surface area contributed by atoms with Gasteiger partial charge in [0.2, 0.25) is 5.56 Å². The summed E-state index contributed by atoms with van der Waals surface area (Å²) in [6, 6.07) is 4.00. The fourth-order valence-electron chi connectivity index (χ4n) is 1.07. The smallest absolute Gasteiger partial charge is 0.270 e. The van der Waals surface area contributed by atoms with Crippen LogP contribution in [0.15, 0.2) is 23.0 Å². The van der Waals surface area contributed by atoms with Gasteiger partial charge in [-0.3, -0.25) is 9.59 Å². The van der Waals surface area contributed by atoms with E-state index >= 15 is 0 Å². The van der Waals surface area contributed by atoms with Gasteiger partial charge in [-0.2, -0.15) is 0 Å². The highest BCUT2D eigenvalue weighted by Crippen LogP contribution is 2.01. The normalized spacial score (nSPS) is 10.4. The molecule has 15 heavy (non-hydrogen) atoms. The topological polar surface area (TPSA) is 53.2 Å². The quantitative estimate of drug-likeness (QED) is 0.809. The fraction of sp³-hybridized carbons (Fsp3) is 0.333. The van der Waals surface area contributed by atoms with Crippen molar-refractivity contribution in [2.75, 3.05) is 13.6 Å².